The fourth-order valence-corrected chi connectivity index (χ4v) is 1.13. The van der Waals surface area contributed by atoms with Crippen LogP contribution < -0.4 is 5.32 Å². The van der Waals surface area contributed by atoms with E-state index in [1.807, 2.05) is 44.2 Å². The van der Waals surface area contributed by atoms with Crippen molar-refractivity contribution in [3.05, 3.63) is 42.0 Å². The standard InChI is InChI=1S/C12H15NO/c1-3-4-8-12(14)13-11-7-5-6-10(2)9-11/h4-9H,3H2,1-2H3,(H,13,14)/b8-4+. The van der Waals surface area contributed by atoms with Gasteiger partial charge in [0, 0.05) is 5.69 Å². The summed E-state index contributed by atoms with van der Waals surface area (Å²) in [5.41, 5.74) is 1.98. The molecular formula is C12H15NO. The van der Waals surface area contributed by atoms with Gasteiger partial charge in [0.1, 0.15) is 0 Å². The Bertz CT molecular complexity index is 342. The number of aryl methyl sites for hydroxylation is 1. The predicted molar refractivity (Wildman–Crippen MR) is 59.2 cm³/mol. The van der Waals surface area contributed by atoms with Gasteiger partial charge in [-0.3, -0.25) is 4.79 Å². The molecule has 1 rings (SSSR count). The third-order valence-corrected chi connectivity index (χ3v) is 1.79. The summed E-state index contributed by atoms with van der Waals surface area (Å²) in [6.45, 7) is 3.99. The fraction of sp³-hybridized carbons (Fsp3) is 0.250. The van der Waals surface area contributed by atoms with Gasteiger partial charge in [0.15, 0.2) is 0 Å². The van der Waals surface area contributed by atoms with Crippen molar-refractivity contribution in [1.29, 1.82) is 0 Å². The molecule has 0 radical (unpaired) electrons. The Morgan fingerprint density at radius 3 is 2.93 bits per heavy atom. The van der Waals surface area contributed by atoms with Crippen molar-refractivity contribution in [2.75, 3.05) is 5.32 Å². The lowest BCUT2D eigenvalue weighted by Gasteiger charge is -2.02. The first-order valence-corrected chi connectivity index (χ1v) is 4.76. The normalized spacial score (nSPS) is 10.4. The van der Waals surface area contributed by atoms with Crippen LogP contribution in [-0.2, 0) is 4.79 Å². The number of hydrogen-bond donors (Lipinski definition) is 1. The summed E-state index contributed by atoms with van der Waals surface area (Å²) in [6.07, 6.45) is 4.27. The van der Waals surface area contributed by atoms with Gasteiger partial charge in [0.2, 0.25) is 5.91 Å². The number of nitrogens with one attached hydrogen (secondary N) is 1. The average molecular weight is 189 g/mol. The number of rotatable bonds is 3. The van der Waals surface area contributed by atoms with Crippen molar-refractivity contribution < 1.29 is 4.79 Å². The van der Waals surface area contributed by atoms with Gasteiger partial charge in [0.05, 0.1) is 0 Å². The zero-order valence-corrected chi connectivity index (χ0v) is 8.58. The highest BCUT2D eigenvalue weighted by molar-refractivity contribution is 5.99. The van der Waals surface area contributed by atoms with E-state index >= 15 is 0 Å². The Morgan fingerprint density at radius 2 is 2.29 bits per heavy atom. The first kappa shape index (κ1) is 10.5. The lowest BCUT2D eigenvalue weighted by molar-refractivity contribution is -0.111. The average Bonchev–Trinajstić information content (AvgIpc) is 2.15. The maximum Gasteiger partial charge on any atom is 0.248 e. The largest absolute Gasteiger partial charge is 0.323 e. The lowest BCUT2D eigenvalue weighted by Crippen LogP contribution is -2.07. The second kappa shape index (κ2) is 5.22. The van der Waals surface area contributed by atoms with Crippen molar-refractivity contribution in [3.8, 4) is 0 Å². The summed E-state index contributed by atoms with van der Waals surface area (Å²) in [4.78, 5) is 11.3. The smallest absolute Gasteiger partial charge is 0.248 e. The molecule has 0 unspecified atom stereocenters. The number of carbonyl (C=O) groups is 1. The minimum absolute atomic E-state index is 0.0718. The Hall–Kier alpha value is -1.57. The zero-order chi connectivity index (χ0) is 10.4. The third kappa shape index (κ3) is 3.44. The SMILES string of the molecule is CC/C=C/C(=O)Nc1cccc(C)c1. The number of anilines is 1. The van der Waals surface area contributed by atoms with Crippen molar-refractivity contribution in [2.45, 2.75) is 20.3 Å². The number of carbonyl (C=O) groups excluding carboxylic acids is 1. The van der Waals surface area contributed by atoms with Crippen LogP contribution in [0, 0.1) is 6.92 Å². The van der Waals surface area contributed by atoms with Crippen LogP contribution in [-0.4, -0.2) is 5.91 Å². The summed E-state index contributed by atoms with van der Waals surface area (Å²) in [5.74, 6) is -0.0718. The molecule has 0 atom stereocenters. The second-order valence-electron chi connectivity index (χ2n) is 3.17. The molecule has 1 amide bonds. The predicted octanol–water partition coefficient (Wildman–Crippen LogP) is 2.90. The molecule has 2 heteroatoms. The van der Waals surface area contributed by atoms with Crippen molar-refractivity contribution in [1.82, 2.24) is 0 Å². The van der Waals surface area contributed by atoms with Crippen molar-refractivity contribution in [2.24, 2.45) is 0 Å². The highest BCUT2D eigenvalue weighted by atomic mass is 16.1. The first-order chi connectivity index (χ1) is 6.72. The van der Waals surface area contributed by atoms with Gasteiger partial charge in [-0.1, -0.05) is 25.1 Å². The van der Waals surface area contributed by atoms with Crippen LogP contribution in [0.2, 0.25) is 0 Å². The molecule has 0 aliphatic carbocycles. The van der Waals surface area contributed by atoms with E-state index < -0.39 is 0 Å². The van der Waals surface area contributed by atoms with Gasteiger partial charge in [-0.05, 0) is 37.1 Å². The highest BCUT2D eigenvalue weighted by Crippen LogP contribution is 2.09. The zero-order valence-electron chi connectivity index (χ0n) is 8.58. The quantitative estimate of drug-likeness (QED) is 0.728. The van der Waals surface area contributed by atoms with Gasteiger partial charge in [0.25, 0.3) is 0 Å². The Kier molecular flexibility index (Phi) is 3.92. The van der Waals surface area contributed by atoms with Crippen LogP contribution in [0.3, 0.4) is 0 Å². The molecule has 74 valence electrons. The fourth-order valence-electron chi connectivity index (χ4n) is 1.13. The minimum Gasteiger partial charge on any atom is -0.323 e. The number of allylic oxidation sites excluding steroid dienone is 1. The molecule has 1 aromatic rings. The molecule has 0 bridgehead atoms. The number of benzene rings is 1. The van der Waals surface area contributed by atoms with E-state index in [0.29, 0.717) is 0 Å². The van der Waals surface area contributed by atoms with E-state index in [1.54, 1.807) is 6.08 Å². The van der Waals surface area contributed by atoms with E-state index in [2.05, 4.69) is 5.32 Å². The van der Waals surface area contributed by atoms with Crippen LogP contribution >= 0.6 is 0 Å². The number of amides is 1. The summed E-state index contributed by atoms with van der Waals surface area (Å²) in [7, 11) is 0. The molecule has 0 saturated heterocycles. The van der Waals surface area contributed by atoms with Crippen LogP contribution in [0.5, 0.6) is 0 Å². The minimum atomic E-state index is -0.0718. The maximum absolute atomic E-state index is 11.3. The molecule has 14 heavy (non-hydrogen) atoms. The maximum atomic E-state index is 11.3. The summed E-state index contributed by atoms with van der Waals surface area (Å²) in [6, 6.07) is 7.74. The van der Waals surface area contributed by atoms with Crippen molar-refractivity contribution >= 4 is 11.6 Å². The van der Waals surface area contributed by atoms with E-state index in [0.717, 1.165) is 17.7 Å². The second-order valence-corrected chi connectivity index (χ2v) is 3.17. The van der Waals surface area contributed by atoms with Crippen LogP contribution in [0.4, 0.5) is 5.69 Å². The molecule has 0 aliphatic rings. The van der Waals surface area contributed by atoms with E-state index in [4.69, 9.17) is 0 Å². The molecule has 1 aromatic carbocycles. The molecule has 0 aliphatic heterocycles. The molecular weight excluding hydrogens is 174 g/mol. The molecule has 0 heterocycles. The van der Waals surface area contributed by atoms with Crippen LogP contribution in [0.15, 0.2) is 36.4 Å². The molecule has 0 aromatic heterocycles. The van der Waals surface area contributed by atoms with Gasteiger partial charge >= 0.3 is 0 Å². The van der Waals surface area contributed by atoms with Gasteiger partial charge in [-0.15, -0.1) is 0 Å². The first-order valence-electron chi connectivity index (χ1n) is 4.76. The summed E-state index contributed by atoms with van der Waals surface area (Å²) in [5, 5.41) is 2.79. The molecule has 2 nitrogen and oxygen atoms in total. The number of hydrogen-bond acceptors (Lipinski definition) is 1. The van der Waals surface area contributed by atoms with Gasteiger partial charge < -0.3 is 5.32 Å². The summed E-state index contributed by atoms with van der Waals surface area (Å²) >= 11 is 0. The molecule has 0 spiro atoms. The monoisotopic (exact) mass is 189 g/mol. The molecule has 0 saturated carbocycles. The van der Waals surface area contributed by atoms with E-state index in [1.165, 1.54) is 0 Å². The topological polar surface area (TPSA) is 29.1 Å². The molecule has 0 fully saturated rings. The highest BCUT2D eigenvalue weighted by Gasteiger charge is 1.96. The Labute approximate surface area is 84.6 Å². The third-order valence-electron chi connectivity index (χ3n) is 1.79. The van der Waals surface area contributed by atoms with Gasteiger partial charge in [-0.2, -0.15) is 0 Å². The van der Waals surface area contributed by atoms with Crippen LogP contribution in [0.25, 0.3) is 0 Å². The van der Waals surface area contributed by atoms with E-state index in [-0.39, 0.29) is 5.91 Å². The molecule has 1 N–H and O–H groups in total. The van der Waals surface area contributed by atoms with Crippen molar-refractivity contribution in [3.63, 3.8) is 0 Å². The summed E-state index contributed by atoms with van der Waals surface area (Å²) < 4.78 is 0. The Morgan fingerprint density at radius 1 is 1.50 bits per heavy atom. The lowest BCUT2D eigenvalue weighted by atomic mass is 10.2. The van der Waals surface area contributed by atoms with Crippen LogP contribution in [0.1, 0.15) is 18.9 Å². The van der Waals surface area contributed by atoms with E-state index in [9.17, 15) is 4.79 Å². The Balaban J connectivity index is 2.60. The van der Waals surface area contributed by atoms with Gasteiger partial charge in [-0.25, -0.2) is 0 Å².